The van der Waals surface area contributed by atoms with Gasteiger partial charge in [-0.1, -0.05) is 39.7 Å². The number of nitrogens with zero attached hydrogens (tertiary/aromatic N) is 2. The van der Waals surface area contributed by atoms with Crippen LogP contribution in [-0.2, 0) is 11.2 Å². The van der Waals surface area contributed by atoms with Crippen molar-refractivity contribution in [3.05, 3.63) is 57.5 Å². The lowest BCUT2D eigenvalue weighted by molar-refractivity contribution is -0.138. The van der Waals surface area contributed by atoms with Crippen molar-refractivity contribution in [1.29, 1.82) is 0 Å². The van der Waals surface area contributed by atoms with E-state index < -0.39 is 11.9 Å². The normalized spacial score (nSPS) is 12.1. The number of rotatable bonds is 4. The number of halogens is 2. The third-order valence-electron chi connectivity index (χ3n) is 2.64. The molecule has 6 heteroatoms. The molecule has 1 heterocycles. The van der Waals surface area contributed by atoms with Crippen LogP contribution in [0.3, 0.4) is 0 Å². The van der Waals surface area contributed by atoms with Crippen LogP contribution in [0.4, 0.5) is 0 Å². The molecule has 0 aliphatic carbocycles. The SMILES string of the molecule is O=C(O)C(Cc1cnc(Cl)cn1)c1cccc(Br)c1. The Labute approximate surface area is 123 Å². The third kappa shape index (κ3) is 3.75. The van der Waals surface area contributed by atoms with Gasteiger partial charge in [0.25, 0.3) is 0 Å². The average molecular weight is 342 g/mol. The van der Waals surface area contributed by atoms with Gasteiger partial charge in [-0.25, -0.2) is 4.98 Å². The molecule has 0 bridgehead atoms. The van der Waals surface area contributed by atoms with E-state index in [4.69, 9.17) is 11.6 Å². The molecule has 0 fully saturated rings. The molecule has 4 nitrogen and oxygen atoms in total. The second-order valence-electron chi connectivity index (χ2n) is 3.98. The van der Waals surface area contributed by atoms with E-state index >= 15 is 0 Å². The Bertz CT molecular complexity index is 589. The highest BCUT2D eigenvalue weighted by molar-refractivity contribution is 9.10. The van der Waals surface area contributed by atoms with Crippen LogP contribution in [0.15, 0.2) is 41.1 Å². The molecular formula is C13H10BrClN2O2. The summed E-state index contributed by atoms with van der Waals surface area (Å²) < 4.78 is 0.846. The highest BCUT2D eigenvalue weighted by Crippen LogP contribution is 2.23. The third-order valence-corrected chi connectivity index (χ3v) is 3.32. The Morgan fingerprint density at radius 3 is 2.74 bits per heavy atom. The summed E-state index contributed by atoms with van der Waals surface area (Å²) in [6, 6.07) is 7.24. The first-order valence-electron chi connectivity index (χ1n) is 5.51. The molecular weight excluding hydrogens is 332 g/mol. The van der Waals surface area contributed by atoms with Crippen molar-refractivity contribution in [2.24, 2.45) is 0 Å². The summed E-state index contributed by atoms with van der Waals surface area (Å²) in [7, 11) is 0. The van der Waals surface area contributed by atoms with Crippen molar-refractivity contribution < 1.29 is 9.90 Å². The number of carboxylic acid groups (broad SMARTS) is 1. The van der Waals surface area contributed by atoms with Gasteiger partial charge in [-0.2, -0.15) is 0 Å². The summed E-state index contributed by atoms with van der Waals surface area (Å²) in [5.74, 6) is -1.55. The van der Waals surface area contributed by atoms with Gasteiger partial charge in [-0.3, -0.25) is 9.78 Å². The monoisotopic (exact) mass is 340 g/mol. The van der Waals surface area contributed by atoms with Gasteiger partial charge in [0.15, 0.2) is 0 Å². The average Bonchev–Trinajstić information content (AvgIpc) is 2.37. The van der Waals surface area contributed by atoms with E-state index in [1.807, 2.05) is 12.1 Å². The van der Waals surface area contributed by atoms with Crippen molar-refractivity contribution in [2.45, 2.75) is 12.3 Å². The Balaban J connectivity index is 2.26. The van der Waals surface area contributed by atoms with Crippen LogP contribution in [0, 0.1) is 0 Å². The van der Waals surface area contributed by atoms with Crippen LogP contribution in [0.5, 0.6) is 0 Å². The smallest absolute Gasteiger partial charge is 0.311 e. The van der Waals surface area contributed by atoms with Gasteiger partial charge < -0.3 is 5.11 Å². The van der Waals surface area contributed by atoms with E-state index in [2.05, 4.69) is 25.9 Å². The molecule has 1 aromatic heterocycles. The zero-order chi connectivity index (χ0) is 13.8. The molecule has 1 aromatic carbocycles. The number of carboxylic acids is 1. The van der Waals surface area contributed by atoms with Gasteiger partial charge in [-0.05, 0) is 17.7 Å². The predicted octanol–water partition coefficient (Wildman–Crippen LogP) is 3.30. The molecule has 19 heavy (non-hydrogen) atoms. The molecule has 2 aromatic rings. The number of carbonyl (C=O) groups is 1. The molecule has 1 unspecified atom stereocenters. The van der Waals surface area contributed by atoms with Gasteiger partial charge in [0.1, 0.15) is 5.15 Å². The van der Waals surface area contributed by atoms with Crippen molar-refractivity contribution in [3.63, 3.8) is 0 Å². The van der Waals surface area contributed by atoms with Crippen molar-refractivity contribution in [2.75, 3.05) is 0 Å². The van der Waals surface area contributed by atoms with Crippen molar-refractivity contribution in [1.82, 2.24) is 9.97 Å². The van der Waals surface area contributed by atoms with Crippen LogP contribution in [0.2, 0.25) is 5.15 Å². The molecule has 98 valence electrons. The van der Waals surface area contributed by atoms with Crippen molar-refractivity contribution >= 4 is 33.5 Å². The highest BCUT2D eigenvalue weighted by atomic mass is 79.9. The number of hydrogen-bond acceptors (Lipinski definition) is 3. The molecule has 0 spiro atoms. The fourth-order valence-electron chi connectivity index (χ4n) is 1.72. The predicted molar refractivity (Wildman–Crippen MR) is 75.3 cm³/mol. The summed E-state index contributed by atoms with van der Waals surface area (Å²) >= 11 is 8.99. The lowest BCUT2D eigenvalue weighted by Crippen LogP contribution is -2.15. The summed E-state index contributed by atoms with van der Waals surface area (Å²) in [5, 5.41) is 9.63. The Morgan fingerprint density at radius 1 is 1.37 bits per heavy atom. The van der Waals surface area contributed by atoms with Crippen LogP contribution in [0.1, 0.15) is 17.2 Å². The van der Waals surface area contributed by atoms with Crippen LogP contribution in [0.25, 0.3) is 0 Å². The van der Waals surface area contributed by atoms with Crippen LogP contribution >= 0.6 is 27.5 Å². The van der Waals surface area contributed by atoms with E-state index in [0.29, 0.717) is 5.69 Å². The molecule has 2 rings (SSSR count). The molecule has 0 amide bonds. The molecule has 0 aliphatic heterocycles. The van der Waals surface area contributed by atoms with E-state index in [-0.39, 0.29) is 11.6 Å². The van der Waals surface area contributed by atoms with Gasteiger partial charge >= 0.3 is 5.97 Å². The second-order valence-corrected chi connectivity index (χ2v) is 5.28. The van der Waals surface area contributed by atoms with Crippen LogP contribution in [-0.4, -0.2) is 21.0 Å². The first-order valence-corrected chi connectivity index (χ1v) is 6.68. The first kappa shape index (κ1) is 14.0. The quantitative estimate of drug-likeness (QED) is 0.927. The number of benzene rings is 1. The number of aliphatic carboxylic acids is 1. The standard InChI is InChI=1S/C13H10BrClN2O2/c14-9-3-1-2-8(4-9)11(13(18)19)5-10-6-17-12(15)7-16-10/h1-4,6-7,11H,5H2,(H,18,19). The summed E-state index contributed by atoms with van der Waals surface area (Å²) in [6.45, 7) is 0. The van der Waals surface area contributed by atoms with Crippen LogP contribution < -0.4 is 0 Å². The lowest BCUT2D eigenvalue weighted by Gasteiger charge is -2.12. The molecule has 0 aliphatic rings. The molecule has 1 N–H and O–H groups in total. The van der Waals surface area contributed by atoms with Crippen molar-refractivity contribution in [3.8, 4) is 0 Å². The minimum Gasteiger partial charge on any atom is -0.481 e. The van der Waals surface area contributed by atoms with E-state index in [1.165, 1.54) is 12.4 Å². The number of aromatic nitrogens is 2. The Morgan fingerprint density at radius 2 is 2.16 bits per heavy atom. The second kappa shape index (κ2) is 6.12. The first-order chi connectivity index (χ1) is 9.06. The maximum absolute atomic E-state index is 11.4. The topological polar surface area (TPSA) is 63.1 Å². The van der Waals surface area contributed by atoms with Gasteiger partial charge in [0.2, 0.25) is 0 Å². The minimum atomic E-state index is -0.894. The van der Waals surface area contributed by atoms with E-state index in [0.717, 1.165) is 10.0 Å². The fourth-order valence-corrected chi connectivity index (χ4v) is 2.24. The minimum absolute atomic E-state index is 0.274. The molecule has 0 radical (unpaired) electrons. The van der Waals surface area contributed by atoms with Gasteiger partial charge in [0, 0.05) is 10.9 Å². The summed E-state index contributed by atoms with van der Waals surface area (Å²) in [5.41, 5.74) is 1.32. The van der Waals surface area contributed by atoms with Gasteiger partial charge in [-0.15, -0.1) is 0 Å². The van der Waals surface area contributed by atoms with E-state index in [1.54, 1.807) is 12.1 Å². The largest absolute Gasteiger partial charge is 0.481 e. The Kier molecular flexibility index (Phi) is 4.50. The molecule has 0 saturated heterocycles. The zero-order valence-electron chi connectivity index (χ0n) is 9.75. The van der Waals surface area contributed by atoms with E-state index in [9.17, 15) is 9.90 Å². The number of hydrogen-bond donors (Lipinski definition) is 1. The zero-order valence-corrected chi connectivity index (χ0v) is 12.1. The fraction of sp³-hybridized carbons (Fsp3) is 0.154. The summed E-state index contributed by atoms with van der Waals surface area (Å²) in [4.78, 5) is 19.4. The maximum atomic E-state index is 11.4. The Hall–Kier alpha value is -1.46. The summed E-state index contributed by atoms with van der Waals surface area (Å²) in [6.07, 6.45) is 3.18. The maximum Gasteiger partial charge on any atom is 0.311 e. The van der Waals surface area contributed by atoms with Gasteiger partial charge in [0.05, 0.1) is 24.0 Å². The highest BCUT2D eigenvalue weighted by Gasteiger charge is 2.21. The lowest BCUT2D eigenvalue weighted by atomic mass is 9.94. The molecule has 1 atom stereocenters. The molecule has 0 saturated carbocycles.